The number of carbonyl (C=O) groups excluding carboxylic acids is 2. The molecule has 0 spiro atoms. The van der Waals surface area contributed by atoms with Gasteiger partial charge in [-0.3, -0.25) is 20.4 Å². The molecule has 9 heteroatoms. The van der Waals surface area contributed by atoms with E-state index in [1.165, 1.54) is 19.2 Å². The molecule has 29 heavy (non-hydrogen) atoms. The maximum atomic E-state index is 12.3. The van der Waals surface area contributed by atoms with Crippen LogP contribution in [0.3, 0.4) is 0 Å². The lowest BCUT2D eigenvalue weighted by Crippen LogP contribution is -2.43. The molecule has 0 heterocycles. The molecule has 2 rings (SSSR count). The highest BCUT2D eigenvalue weighted by Gasteiger charge is 2.17. The first-order valence-electron chi connectivity index (χ1n) is 8.74. The summed E-state index contributed by atoms with van der Waals surface area (Å²) in [5.74, 6) is 0.715. The molecule has 2 N–H and O–H groups in total. The van der Waals surface area contributed by atoms with Crippen LogP contribution in [0, 0.1) is 0 Å². The highest BCUT2D eigenvalue weighted by Crippen LogP contribution is 2.37. The fourth-order valence-corrected chi connectivity index (χ4v) is 2.51. The lowest BCUT2D eigenvalue weighted by atomic mass is 10.2. The van der Waals surface area contributed by atoms with Crippen molar-refractivity contribution in [3.63, 3.8) is 0 Å². The van der Waals surface area contributed by atoms with E-state index in [1.54, 1.807) is 31.4 Å². The normalized spacial score (nSPS) is 10.3. The molecular weight excluding hydrogens is 400 g/mol. The minimum atomic E-state index is -0.570. The highest BCUT2D eigenvalue weighted by molar-refractivity contribution is 6.32. The Morgan fingerprint density at radius 3 is 2.24 bits per heavy atom. The van der Waals surface area contributed by atoms with Crippen molar-refractivity contribution >= 4 is 23.4 Å². The van der Waals surface area contributed by atoms with Gasteiger partial charge in [-0.1, -0.05) is 11.6 Å². The monoisotopic (exact) mass is 422 g/mol. The van der Waals surface area contributed by atoms with Gasteiger partial charge in [-0.2, -0.15) is 0 Å². The zero-order valence-electron chi connectivity index (χ0n) is 16.6. The van der Waals surface area contributed by atoms with Crippen LogP contribution < -0.4 is 29.8 Å². The minimum absolute atomic E-state index is 0.119. The summed E-state index contributed by atoms with van der Waals surface area (Å²) in [6.45, 7) is 3.41. The molecule has 0 aromatic heterocycles. The summed E-state index contributed by atoms with van der Waals surface area (Å²) >= 11 is 6.20. The largest absolute Gasteiger partial charge is 0.497 e. The van der Waals surface area contributed by atoms with Crippen LogP contribution in [0.4, 0.5) is 0 Å². The zero-order valence-corrected chi connectivity index (χ0v) is 17.3. The Morgan fingerprint density at radius 2 is 1.66 bits per heavy atom. The summed E-state index contributed by atoms with van der Waals surface area (Å²) in [6, 6.07) is 9.65. The average molecular weight is 423 g/mol. The first-order valence-corrected chi connectivity index (χ1v) is 9.12. The van der Waals surface area contributed by atoms with Crippen molar-refractivity contribution in [1.29, 1.82) is 0 Å². The molecule has 0 unspecified atom stereocenters. The summed E-state index contributed by atoms with van der Waals surface area (Å²) in [4.78, 5) is 24.2. The molecule has 0 aliphatic carbocycles. The van der Waals surface area contributed by atoms with Gasteiger partial charge in [0.2, 0.25) is 0 Å². The van der Waals surface area contributed by atoms with Gasteiger partial charge < -0.3 is 18.9 Å². The number of halogens is 1. The summed E-state index contributed by atoms with van der Waals surface area (Å²) in [5.41, 5.74) is 4.77. The predicted molar refractivity (Wildman–Crippen MR) is 108 cm³/mol. The maximum absolute atomic E-state index is 12.3. The van der Waals surface area contributed by atoms with Gasteiger partial charge in [0.15, 0.2) is 18.1 Å². The van der Waals surface area contributed by atoms with Gasteiger partial charge in [0.05, 0.1) is 25.3 Å². The molecular formula is C20H23ClN2O6. The van der Waals surface area contributed by atoms with Crippen LogP contribution in [0.5, 0.6) is 23.0 Å². The van der Waals surface area contributed by atoms with E-state index in [0.29, 0.717) is 23.0 Å². The summed E-state index contributed by atoms with van der Waals surface area (Å²) < 4.78 is 21.2. The number of rotatable bonds is 8. The molecule has 0 radical (unpaired) electrons. The Kier molecular flexibility index (Phi) is 7.97. The quantitative estimate of drug-likeness (QED) is 0.635. The van der Waals surface area contributed by atoms with E-state index >= 15 is 0 Å². The van der Waals surface area contributed by atoms with Crippen LogP contribution in [0.2, 0.25) is 5.02 Å². The molecule has 0 saturated carbocycles. The molecule has 2 aromatic carbocycles. The number of hydrazine groups is 1. The van der Waals surface area contributed by atoms with E-state index in [0.717, 1.165) is 0 Å². The Bertz CT molecular complexity index is 855. The minimum Gasteiger partial charge on any atom is -0.497 e. The first kappa shape index (κ1) is 22.2. The number of nitrogens with one attached hydrogen (secondary N) is 2. The van der Waals surface area contributed by atoms with Crippen LogP contribution in [0.1, 0.15) is 24.2 Å². The third-order valence-electron chi connectivity index (χ3n) is 3.59. The van der Waals surface area contributed by atoms with E-state index in [9.17, 15) is 9.59 Å². The molecule has 0 bridgehead atoms. The van der Waals surface area contributed by atoms with Crippen LogP contribution in [0.15, 0.2) is 36.4 Å². The average Bonchev–Trinajstić information content (AvgIpc) is 2.71. The Labute approximate surface area is 174 Å². The first-order chi connectivity index (χ1) is 13.8. The van der Waals surface area contributed by atoms with Crippen molar-refractivity contribution in [2.75, 3.05) is 20.8 Å². The molecule has 0 saturated heterocycles. The Morgan fingerprint density at radius 1 is 1.00 bits per heavy atom. The van der Waals surface area contributed by atoms with Crippen molar-refractivity contribution in [2.24, 2.45) is 0 Å². The molecule has 0 aliphatic rings. The zero-order chi connectivity index (χ0) is 21.4. The SMILES string of the molecule is COc1ccc(OCC(=O)NNC(=O)c2cc(Cl)c(OC(C)C)c(OC)c2)cc1. The molecule has 2 amide bonds. The van der Waals surface area contributed by atoms with Gasteiger partial charge in [0.25, 0.3) is 11.8 Å². The summed E-state index contributed by atoms with van der Waals surface area (Å²) in [7, 11) is 3.00. The molecule has 2 aromatic rings. The molecule has 0 fully saturated rings. The topological polar surface area (TPSA) is 95.1 Å². The van der Waals surface area contributed by atoms with E-state index < -0.39 is 11.8 Å². The van der Waals surface area contributed by atoms with Crippen LogP contribution in [-0.2, 0) is 4.79 Å². The third kappa shape index (κ3) is 6.46. The standard InChI is InChI=1S/C20H23ClN2O6/c1-12(2)29-19-16(21)9-13(10-17(19)27-4)20(25)23-22-18(24)11-28-15-7-5-14(26-3)6-8-15/h5-10,12H,11H2,1-4H3,(H,22,24)(H,23,25). The third-order valence-corrected chi connectivity index (χ3v) is 3.87. The fraction of sp³-hybridized carbons (Fsp3) is 0.300. The summed E-state index contributed by atoms with van der Waals surface area (Å²) in [6.07, 6.45) is -0.119. The number of carbonyl (C=O) groups is 2. The second-order valence-corrected chi connectivity index (χ2v) is 6.53. The van der Waals surface area contributed by atoms with E-state index in [1.807, 2.05) is 13.8 Å². The Balaban J connectivity index is 1.92. The second-order valence-electron chi connectivity index (χ2n) is 6.12. The highest BCUT2D eigenvalue weighted by atomic mass is 35.5. The van der Waals surface area contributed by atoms with Gasteiger partial charge in [0, 0.05) is 5.56 Å². The maximum Gasteiger partial charge on any atom is 0.276 e. The fourth-order valence-electron chi connectivity index (χ4n) is 2.26. The summed E-state index contributed by atoms with van der Waals surface area (Å²) in [5, 5.41) is 0.220. The predicted octanol–water partition coefficient (Wildman–Crippen LogP) is 2.98. The lowest BCUT2D eigenvalue weighted by Gasteiger charge is -2.16. The van der Waals surface area contributed by atoms with Crippen molar-refractivity contribution < 1.29 is 28.5 Å². The number of amides is 2. The van der Waals surface area contributed by atoms with Crippen LogP contribution >= 0.6 is 11.6 Å². The number of ether oxygens (including phenoxy) is 4. The van der Waals surface area contributed by atoms with E-state index in [-0.39, 0.29) is 23.3 Å². The Hall–Kier alpha value is -3.13. The van der Waals surface area contributed by atoms with Crippen molar-refractivity contribution in [1.82, 2.24) is 10.9 Å². The smallest absolute Gasteiger partial charge is 0.276 e. The van der Waals surface area contributed by atoms with Gasteiger partial charge in [-0.15, -0.1) is 0 Å². The number of hydrogen-bond acceptors (Lipinski definition) is 6. The van der Waals surface area contributed by atoms with Gasteiger partial charge in [0.1, 0.15) is 11.5 Å². The molecule has 156 valence electrons. The van der Waals surface area contributed by atoms with Crippen LogP contribution in [0.25, 0.3) is 0 Å². The number of benzene rings is 2. The molecule has 0 aliphatic heterocycles. The van der Waals surface area contributed by atoms with Gasteiger partial charge >= 0.3 is 0 Å². The van der Waals surface area contributed by atoms with E-state index in [2.05, 4.69) is 10.9 Å². The van der Waals surface area contributed by atoms with Crippen molar-refractivity contribution in [3.05, 3.63) is 47.0 Å². The van der Waals surface area contributed by atoms with Crippen molar-refractivity contribution in [2.45, 2.75) is 20.0 Å². The van der Waals surface area contributed by atoms with E-state index in [4.69, 9.17) is 30.5 Å². The van der Waals surface area contributed by atoms with Crippen LogP contribution in [-0.4, -0.2) is 38.7 Å². The van der Waals surface area contributed by atoms with Crippen molar-refractivity contribution in [3.8, 4) is 23.0 Å². The number of hydrogen-bond donors (Lipinski definition) is 2. The number of methoxy groups -OCH3 is 2. The molecule has 0 atom stereocenters. The van der Waals surface area contributed by atoms with Gasteiger partial charge in [-0.25, -0.2) is 0 Å². The molecule has 8 nitrogen and oxygen atoms in total. The van der Waals surface area contributed by atoms with Gasteiger partial charge in [-0.05, 0) is 50.2 Å². The lowest BCUT2D eigenvalue weighted by molar-refractivity contribution is -0.123. The second kappa shape index (κ2) is 10.4.